The predicted molar refractivity (Wildman–Crippen MR) is 71.9 cm³/mol. The van der Waals surface area contributed by atoms with Gasteiger partial charge in [0, 0.05) is 6.42 Å². The van der Waals surface area contributed by atoms with Crippen LogP contribution in [0.3, 0.4) is 0 Å². The predicted octanol–water partition coefficient (Wildman–Crippen LogP) is 2.05. The molecule has 2 N–H and O–H groups in total. The second-order valence-corrected chi connectivity index (χ2v) is 5.99. The molecule has 100 valence electrons. The van der Waals surface area contributed by atoms with Gasteiger partial charge >= 0.3 is 0 Å². The van der Waals surface area contributed by atoms with E-state index in [1.54, 1.807) is 0 Å². The highest BCUT2D eigenvalue weighted by atomic mass is 16.1. The lowest BCUT2D eigenvalue weighted by Crippen LogP contribution is -2.35. The highest BCUT2D eigenvalue weighted by molar-refractivity contribution is 5.83. The van der Waals surface area contributed by atoms with Gasteiger partial charge in [-0.1, -0.05) is 13.8 Å². The number of carbonyl (C=O) groups excluding carboxylic acids is 1. The van der Waals surface area contributed by atoms with E-state index in [0.717, 1.165) is 38.8 Å². The molecule has 1 unspecified atom stereocenters. The molecule has 17 heavy (non-hydrogen) atoms. The van der Waals surface area contributed by atoms with Gasteiger partial charge in [-0.2, -0.15) is 0 Å². The number of likely N-dealkylation sites (tertiary alicyclic amines) is 1. The minimum atomic E-state index is -0.225. The third kappa shape index (κ3) is 5.64. The number of nitrogens with zero attached hydrogens (tertiary/aromatic N) is 1. The summed E-state index contributed by atoms with van der Waals surface area (Å²) in [7, 11) is 2.15. The van der Waals surface area contributed by atoms with Gasteiger partial charge in [0.25, 0.3) is 0 Å². The lowest BCUT2D eigenvalue weighted by atomic mass is 9.89. The van der Waals surface area contributed by atoms with Gasteiger partial charge in [-0.25, -0.2) is 0 Å². The number of nitrogens with two attached hydrogens (primary N) is 1. The van der Waals surface area contributed by atoms with E-state index in [-0.39, 0.29) is 11.8 Å². The van der Waals surface area contributed by atoms with E-state index in [1.165, 1.54) is 0 Å². The van der Waals surface area contributed by atoms with Gasteiger partial charge in [0.2, 0.25) is 0 Å². The normalized spacial score (nSPS) is 20.8. The molecule has 1 aliphatic rings. The number of hydrogen-bond donors (Lipinski definition) is 1. The van der Waals surface area contributed by atoms with Crippen LogP contribution in [0.5, 0.6) is 0 Å². The first kappa shape index (κ1) is 14.7. The molecule has 1 aliphatic heterocycles. The number of rotatable bonds is 6. The van der Waals surface area contributed by atoms with E-state index in [4.69, 9.17) is 5.73 Å². The highest BCUT2D eigenvalue weighted by Gasteiger charge is 2.22. The summed E-state index contributed by atoms with van der Waals surface area (Å²) in [4.78, 5) is 14.3. The van der Waals surface area contributed by atoms with Crippen molar-refractivity contribution in [2.24, 2.45) is 17.6 Å². The van der Waals surface area contributed by atoms with Crippen LogP contribution < -0.4 is 5.73 Å². The summed E-state index contributed by atoms with van der Waals surface area (Å²) in [6.45, 7) is 6.60. The van der Waals surface area contributed by atoms with Crippen LogP contribution in [0, 0.1) is 11.8 Å². The van der Waals surface area contributed by atoms with Crippen LogP contribution >= 0.6 is 0 Å². The quantitative estimate of drug-likeness (QED) is 0.773. The molecule has 0 radical (unpaired) electrons. The van der Waals surface area contributed by atoms with Gasteiger partial charge in [-0.15, -0.1) is 0 Å². The molecule has 0 aromatic carbocycles. The number of ketones is 1. The minimum Gasteiger partial charge on any atom is -0.322 e. The fourth-order valence-corrected chi connectivity index (χ4v) is 2.38. The first-order valence-electron chi connectivity index (χ1n) is 6.96. The Kier molecular flexibility index (Phi) is 6.14. The summed E-state index contributed by atoms with van der Waals surface area (Å²) in [6.07, 6.45) is 4.91. The zero-order valence-electron chi connectivity index (χ0n) is 11.6. The molecule has 3 nitrogen and oxygen atoms in total. The van der Waals surface area contributed by atoms with Crippen molar-refractivity contribution in [1.82, 2.24) is 4.90 Å². The Labute approximate surface area is 106 Å². The highest BCUT2D eigenvalue weighted by Crippen LogP contribution is 2.21. The van der Waals surface area contributed by atoms with Crippen LogP contribution in [0.1, 0.15) is 46.0 Å². The fourth-order valence-electron chi connectivity index (χ4n) is 2.38. The summed E-state index contributed by atoms with van der Waals surface area (Å²) in [5, 5.41) is 0. The smallest absolute Gasteiger partial charge is 0.149 e. The summed E-state index contributed by atoms with van der Waals surface area (Å²) in [5.41, 5.74) is 5.95. The standard InChI is InChI=1S/C14H28N2O/c1-11(2)4-5-13(15)14(17)10-12-6-8-16(3)9-7-12/h11-13H,4-10,15H2,1-3H3. The molecular weight excluding hydrogens is 212 g/mol. The van der Waals surface area contributed by atoms with Crippen LogP contribution in [0.4, 0.5) is 0 Å². The van der Waals surface area contributed by atoms with Crippen LogP contribution in [0.15, 0.2) is 0 Å². The van der Waals surface area contributed by atoms with E-state index >= 15 is 0 Å². The average Bonchev–Trinajstić information content (AvgIpc) is 2.28. The molecule has 0 amide bonds. The first-order valence-corrected chi connectivity index (χ1v) is 6.96. The Hall–Kier alpha value is -0.410. The lowest BCUT2D eigenvalue weighted by Gasteiger charge is -2.29. The van der Waals surface area contributed by atoms with Crippen molar-refractivity contribution in [1.29, 1.82) is 0 Å². The van der Waals surface area contributed by atoms with Crippen molar-refractivity contribution < 1.29 is 4.79 Å². The van der Waals surface area contributed by atoms with Crippen molar-refractivity contribution in [3.8, 4) is 0 Å². The number of Topliss-reactive ketones (excluding diaryl/α,β-unsaturated/α-hetero) is 1. The Morgan fingerprint density at radius 2 is 1.88 bits per heavy atom. The maximum Gasteiger partial charge on any atom is 0.149 e. The Bertz CT molecular complexity index is 232. The van der Waals surface area contributed by atoms with E-state index < -0.39 is 0 Å². The maximum absolute atomic E-state index is 12.0. The third-order valence-corrected chi connectivity index (χ3v) is 3.80. The Morgan fingerprint density at radius 3 is 2.41 bits per heavy atom. The molecular formula is C14H28N2O. The fraction of sp³-hybridized carbons (Fsp3) is 0.929. The van der Waals surface area contributed by atoms with Gasteiger partial charge in [-0.05, 0) is 57.7 Å². The molecule has 1 saturated heterocycles. The SMILES string of the molecule is CC(C)CCC(N)C(=O)CC1CCN(C)CC1. The van der Waals surface area contributed by atoms with Gasteiger partial charge in [0.05, 0.1) is 6.04 Å². The van der Waals surface area contributed by atoms with Crippen molar-refractivity contribution in [2.75, 3.05) is 20.1 Å². The molecule has 0 aromatic rings. The molecule has 1 atom stereocenters. The van der Waals surface area contributed by atoms with Crippen molar-refractivity contribution in [3.63, 3.8) is 0 Å². The van der Waals surface area contributed by atoms with Crippen LogP contribution in [0.25, 0.3) is 0 Å². The third-order valence-electron chi connectivity index (χ3n) is 3.80. The molecule has 0 spiro atoms. The van der Waals surface area contributed by atoms with Crippen LogP contribution in [-0.2, 0) is 4.79 Å². The molecule has 0 bridgehead atoms. The van der Waals surface area contributed by atoms with E-state index in [9.17, 15) is 4.79 Å². The van der Waals surface area contributed by atoms with Gasteiger partial charge in [0.15, 0.2) is 0 Å². The van der Waals surface area contributed by atoms with E-state index in [2.05, 4.69) is 25.8 Å². The van der Waals surface area contributed by atoms with Crippen molar-refractivity contribution >= 4 is 5.78 Å². The Morgan fingerprint density at radius 1 is 1.29 bits per heavy atom. The monoisotopic (exact) mass is 240 g/mol. The van der Waals surface area contributed by atoms with Crippen molar-refractivity contribution in [3.05, 3.63) is 0 Å². The summed E-state index contributed by atoms with van der Waals surface area (Å²) in [5.74, 6) is 1.49. The van der Waals surface area contributed by atoms with Crippen molar-refractivity contribution in [2.45, 2.75) is 52.0 Å². The van der Waals surface area contributed by atoms with Gasteiger partial charge in [-0.3, -0.25) is 4.79 Å². The van der Waals surface area contributed by atoms with Gasteiger partial charge < -0.3 is 10.6 Å². The molecule has 1 fully saturated rings. The topological polar surface area (TPSA) is 46.3 Å². The molecule has 0 aromatic heterocycles. The second kappa shape index (κ2) is 7.12. The molecule has 1 rings (SSSR count). The number of carbonyl (C=O) groups is 1. The molecule has 0 saturated carbocycles. The average molecular weight is 240 g/mol. The number of hydrogen-bond acceptors (Lipinski definition) is 3. The van der Waals surface area contributed by atoms with Gasteiger partial charge in [0.1, 0.15) is 5.78 Å². The number of piperidine rings is 1. The van der Waals surface area contributed by atoms with Crippen LogP contribution in [0.2, 0.25) is 0 Å². The minimum absolute atomic E-state index is 0.225. The Balaban J connectivity index is 2.23. The first-order chi connectivity index (χ1) is 7.99. The molecule has 1 heterocycles. The lowest BCUT2D eigenvalue weighted by molar-refractivity contribution is -0.121. The molecule has 0 aliphatic carbocycles. The zero-order chi connectivity index (χ0) is 12.8. The van der Waals surface area contributed by atoms with E-state index in [0.29, 0.717) is 18.3 Å². The second-order valence-electron chi connectivity index (χ2n) is 5.99. The largest absolute Gasteiger partial charge is 0.322 e. The maximum atomic E-state index is 12.0. The summed E-state index contributed by atoms with van der Waals surface area (Å²) < 4.78 is 0. The van der Waals surface area contributed by atoms with Crippen LogP contribution in [-0.4, -0.2) is 36.9 Å². The van der Waals surface area contributed by atoms with E-state index in [1.807, 2.05) is 0 Å². The summed E-state index contributed by atoms with van der Waals surface area (Å²) >= 11 is 0. The summed E-state index contributed by atoms with van der Waals surface area (Å²) in [6, 6.07) is -0.225. The molecule has 3 heteroatoms. The zero-order valence-corrected chi connectivity index (χ0v) is 11.6.